The van der Waals surface area contributed by atoms with E-state index in [0.717, 1.165) is 0 Å². The van der Waals surface area contributed by atoms with Gasteiger partial charge < -0.3 is 0 Å². The Morgan fingerprint density at radius 1 is 1.45 bits per heavy atom. The number of alkyl halides is 3. The zero-order valence-electron chi connectivity index (χ0n) is 6.03. The molecule has 0 N–H and O–H groups in total. The maximum Gasteiger partial charge on any atom is 0.457 e. The molecule has 11 heavy (non-hydrogen) atoms. The molecule has 0 saturated carbocycles. The van der Waals surface area contributed by atoms with Crippen molar-refractivity contribution in [1.82, 2.24) is 0 Å². The van der Waals surface area contributed by atoms with Gasteiger partial charge in [0.1, 0.15) is 0 Å². The highest BCUT2D eigenvalue weighted by atomic mass is 32.2. The van der Waals surface area contributed by atoms with E-state index in [9.17, 15) is 13.2 Å². The van der Waals surface area contributed by atoms with Crippen molar-refractivity contribution in [3.8, 4) is 11.8 Å². The van der Waals surface area contributed by atoms with Crippen LogP contribution in [0, 0.1) is 17.6 Å². The fourth-order valence-corrected chi connectivity index (χ4v) is 0.846. The van der Waals surface area contributed by atoms with E-state index in [1.165, 1.54) is 17.7 Å². The molecule has 63 valence electrons. The highest BCUT2D eigenvalue weighted by Crippen LogP contribution is 2.12. The fraction of sp³-hybridized carbons (Fsp3) is 0.571. The van der Waals surface area contributed by atoms with Crippen molar-refractivity contribution < 1.29 is 13.2 Å². The summed E-state index contributed by atoms with van der Waals surface area (Å²) in [5.74, 6) is 5.70. The molecule has 0 saturated heterocycles. The molecule has 1 radical (unpaired) electrons. The molecular weight excluding hydrogens is 173 g/mol. The normalized spacial score (nSPS) is 10.5. The lowest BCUT2D eigenvalue weighted by molar-refractivity contribution is -0.0697. The summed E-state index contributed by atoms with van der Waals surface area (Å²) in [6, 6.07) is 0. The van der Waals surface area contributed by atoms with Crippen LogP contribution < -0.4 is 0 Å². The summed E-state index contributed by atoms with van der Waals surface area (Å²) in [4.78, 5) is 0. The van der Waals surface area contributed by atoms with E-state index in [1.807, 2.05) is 18.6 Å². The highest BCUT2D eigenvalue weighted by molar-refractivity contribution is 8.01. The van der Waals surface area contributed by atoms with Crippen molar-refractivity contribution in [1.29, 1.82) is 0 Å². The van der Waals surface area contributed by atoms with Crippen LogP contribution in [0.4, 0.5) is 13.2 Å². The van der Waals surface area contributed by atoms with E-state index in [-0.39, 0.29) is 6.42 Å². The second-order valence-corrected chi connectivity index (χ2v) is 2.87. The molecular formula is C7H8F3S. The van der Waals surface area contributed by atoms with Crippen LogP contribution in [0.3, 0.4) is 0 Å². The molecule has 0 fully saturated rings. The van der Waals surface area contributed by atoms with Crippen molar-refractivity contribution in [3.05, 3.63) is 5.75 Å². The second kappa shape index (κ2) is 5.36. The van der Waals surface area contributed by atoms with Crippen LogP contribution in [-0.4, -0.2) is 11.9 Å². The van der Waals surface area contributed by atoms with Gasteiger partial charge >= 0.3 is 6.18 Å². The van der Waals surface area contributed by atoms with Gasteiger partial charge in [0.2, 0.25) is 0 Å². The Morgan fingerprint density at radius 3 is 2.55 bits per heavy atom. The molecule has 0 amide bonds. The molecule has 0 heterocycles. The Kier molecular flexibility index (Phi) is 5.22. The first-order valence-corrected chi connectivity index (χ1v) is 4.07. The van der Waals surface area contributed by atoms with E-state index in [4.69, 9.17) is 0 Å². The van der Waals surface area contributed by atoms with Crippen molar-refractivity contribution in [2.24, 2.45) is 0 Å². The summed E-state index contributed by atoms with van der Waals surface area (Å²) in [6.45, 7) is 1.84. The van der Waals surface area contributed by atoms with Crippen LogP contribution in [0.15, 0.2) is 0 Å². The van der Waals surface area contributed by atoms with Crippen molar-refractivity contribution in [2.45, 2.75) is 19.5 Å². The molecule has 0 unspecified atom stereocenters. The SMILES string of the molecule is C[CH]SCCC#CC(F)(F)F. The molecule has 0 aromatic rings. The molecule has 0 atom stereocenters. The Hall–Kier alpha value is -0.300. The Balaban J connectivity index is 3.41. The minimum Gasteiger partial charge on any atom is -0.159 e. The molecule has 0 aromatic carbocycles. The predicted molar refractivity (Wildman–Crippen MR) is 40.9 cm³/mol. The molecule has 0 bridgehead atoms. The van der Waals surface area contributed by atoms with E-state index < -0.39 is 6.18 Å². The van der Waals surface area contributed by atoms with Gasteiger partial charge in [-0.05, 0) is 0 Å². The third kappa shape index (κ3) is 9.70. The van der Waals surface area contributed by atoms with Gasteiger partial charge in [-0.3, -0.25) is 0 Å². The van der Waals surface area contributed by atoms with Crippen LogP contribution in [0.2, 0.25) is 0 Å². The summed E-state index contributed by atoms with van der Waals surface area (Å²) in [7, 11) is 0. The predicted octanol–water partition coefficient (Wildman–Crippen LogP) is 2.86. The molecule has 0 aliphatic rings. The van der Waals surface area contributed by atoms with Gasteiger partial charge in [-0.15, -0.1) is 0 Å². The van der Waals surface area contributed by atoms with Gasteiger partial charge in [-0.25, -0.2) is 0 Å². The summed E-state index contributed by atoms with van der Waals surface area (Å²) < 4.78 is 34.1. The van der Waals surface area contributed by atoms with E-state index in [1.54, 1.807) is 0 Å². The lowest BCUT2D eigenvalue weighted by atomic mass is 10.4. The van der Waals surface area contributed by atoms with Gasteiger partial charge in [0.25, 0.3) is 0 Å². The minimum absolute atomic E-state index is 0.286. The van der Waals surface area contributed by atoms with Crippen LogP contribution in [0.1, 0.15) is 13.3 Å². The van der Waals surface area contributed by atoms with Crippen LogP contribution in [0.5, 0.6) is 0 Å². The number of hydrogen-bond donors (Lipinski definition) is 0. The molecule has 0 aliphatic heterocycles. The number of thioether (sulfide) groups is 1. The quantitative estimate of drug-likeness (QED) is 0.476. The fourth-order valence-electron chi connectivity index (χ4n) is 0.391. The van der Waals surface area contributed by atoms with Crippen LogP contribution in [0.25, 0.3) is 0 Å². The number of hydrogen-bond acceptors (Lipinski definition) is 1. The lowest BCUT2D eigenvalue weighted by Crippen LogP contribution is -2.01. The van der Waals surface area contributed by atoms with Crippen LogP contribution in [-0.2, 0) is 0 Å². The molecule has 0 aliphatic carbocycles. The topological polar surface area (TPSA) is 0 Å². The van der Waals surface area contributed by atoms with E-state index >= 15 is 0 Å². The average molecular weight is 181 g/mol. The first kappa shape index (κ1) is 10.7. The van der Waals surface area contributed by atoms with Gasteiger partial charge in [0.05, 0.1) is 0 Å². The van der Waals surface area contributed by atoms with E-state index in [0.29, 0.717) is 5.75 Å². The monoisotopic (exact) mass is 181 g/mol. The zero-order valence-corrected chi connectivity index (χ0v) is 6.85. The van der Waals surface area contributed by atoms with Crippen molar-refractivity contribution >= 4 is 11.8 Å². The third-order valence-corrected chi connectivity index (χ3v) is 1.51. The Labute approximate surface area is 68.5 Å². The maximum absolute atomic E-state index is 11.4. The van der Waals surface area contributed by atoms with Gasteiger partial charge in [0, 0.05) is 23.8 Å². The standard InChI is InChI=1S/C7H8F3S/c1-2-11-6-4-3-5-7(8,9)10/h2H,4,6H2,1H3. The molecule has 0 rings (SSSR count). The lowest BCUT2D eigenvalue weighted by Gasteiger charge is -1.92. The van der Waals surface area contributed by atoms with Gasteiger partial charge in [-0.1, -0.05) is 12.8 Å². The summed E-state index contributed by atoms with van der Waals surface area (Å²) in [5, 5.41) is 0. The molecule has 4 heteroatoms. The third-order valence-electron chi connectivity index (χ3n) is 0.742. The van der Waals surface area contributed by atoms with Gasteiger partial charge in [0.15, 0.2) is 0 Å². The largest absolute Gasteiger partial charge is 0.457 e. The zero-order chi connectivity index (χ0) is 8.74. The molecule has 0 aromatic heterocycles. The van der Waals surface area contributed by atoms with Crippen molar-refractivity contribution in [2.75, 3.05) is 5.75 Å². The smallest absolute Gasteiger partial charge is 0.159 e. The maximum atomic E-state index is 11.4. The molecule has 0 spiro atoms. The van der Waals surface area contributed by atoms with E-state index in [2.05, 4.69) is 0 Å². The van der Waals surface area contributed by atoms with Gasteiger partial charge in [-0.2, -0.15) is 24.9 Å². The second-order valence-electron chi connectivity index (χ2n) is 1.66. The first-order chi connectivity index (χ1) is 5.06. The summed E-state index contributed by atoms with van der Waals surface area (Å²) >= 11 is 1.46. The molecule has 0 nitrogen and oxygen atoms in total. The average Bonchev–Trinajstić information content (AvgIpc) is 1.85. The number of rotatable bonds is 3. The minimum atomic E-state index is -4.33. The first-order valence-electron chi connectivity index (χ1n) is 3.02. The summed E-state index contributed by atoms with van der Waals surface area (Å²) in [6.07, 6.45) is -4.05. The highest BCUT2D eigenvalue weighted by Gasteiger charge is 2.22. The Morgan fingerprint density at radius 2 is 2.09 bits per heavy atom. The number of halogens is 3. The Bertz CT molecular complexity index is 151. The van der Waals surface area contributed by atoms with Crippen molar-refractivity contribution in [3.63, 3.8) is 0 Å². The summed E-state index contributed by atoms with van der Waals surface area (Å²) in [5.41, 5.74) is 0. The van der Waals surface area contributed by atoms with Crippen LogP contribution >= 0.6 is 11.8 Å².